The van der Waals surface area contributed by atoms with Gasteiger partial charge in [-0.1, -0.05) is 19.9 Å². The molecule has 0 aliphatic carbocycles. The Hall–Kier alpha value is -1.52. The molecule has 0 atom stereocenters. The highest BCUT2D eigenvalue weighted by molar-refractivity contribution is 5.76. The lowest BCUT2D eigenvalue weighted by Gasteiger charge is -2.40. The Bertz CT molecular complexity index is 604. The Balaban J connectivity index is 1.58. The Morgan fingerprint density at radius 1 is 1.12 bits per heavy atom. The van der Waals surface area contributed by atoms with Gasteiger partial charge in [-0.05, 0) is 74.0 Å². The summed E-state index contributed by atoms with van der Waals surface area (Å²) in [6, 6.07) is 4.96. The van der Waals surface area contributed by atoms with Crippen molar-refractivity contribution < 1.29 is 0 Å². The SMILES string of the molecule is Cc1cc(C2=CCN(C3CCN(CC(C)C)CC3)CC2)cc(N)c1N. The van der Waals surface area contributed by atoms with E-state index >= 15 is 0 Å². The van der Waals surface area contributed by atoms with E-state index in [-0.39, 0.29) is 0 Å². The average molecular weight is 343 g/mol. The van der Waals surface area contributed by atoms with Crippen molar-refractivity contribution in [2.75, 3.05) is 44.2 Å². The van der Waals surface area contributed by atoms with Crippen molar-refractivity contribution in [1.82, 2.24) is 9.80 Å². The molecule has 0 aromatic heterocycles. The molecule has 3 rings (SSSR count). The smallest absolute Gasteiger partial charge is 0.0577 e. The Labute approximate surface area is 152 Å². The molecule has 2 heterocycles. The molecule has 4 heteroatoms. The second-order valence-electron chi connectivity index (χ2n) is 8.20. The number of hydrogen-bond acceptors (Lipinski definition) is 4. The summed E-state index contributed by atoms with van der Waals surface area (Å²) in [4.78, 5) is 5.30. The highest BCUT2D eigenvalue weighted by Gasteiger charge is 2.26. The molecule has 0 bridgehead atoms. The van der Waals surface area contributed by atoms with Gasteiger partial charge in [0.1, 0.15) is 0 Å². The van der Waals surface area contributed by atoms with Crippen molar-refractivity contribution in [3.8, 4) is 0 Å². The predicted octanol–water partition coefficient (Wildman–Crippen LogP) is 3.37. The number of nitrogens with two attached hydrogens (primary N) is 2. The van der Waals surface area contributed by atoms with Crippen LogP contribution in [0.1, 0.15) is 44.2 Å². The Morgan fingerprint density at radius 3 is 2.40 bits per heavy atom. The van der Waals surface area contributed by atoms with E-state index in [4.69, 9.17) is 11.5 Å². The van der Waals surface area contributed by atoms with Crippen LogP contribution in [0.2, 0.25) is 0 Å². The average Bonchev–Trinajstić information content (AvgIpc) is 2.59. The number of benzene rings is 1. The van der Waals surface area contributed by atoms with Crippen molar-refractivity contribution in [3.63, 3.8) is 0 Å². The molecule has 1 aromatic rings. The molecule has 1 fully saturated rings. The molecule has 0 radical (unpaired) electrons. The molecular formula is C21H34N4. The van der Waals surface area contributed by atoms with Crippen LogP contribution in [0.25, 0.3) is 5.57 Å². The van der Waals surface area contributed by atoms with E-state index in [0.29, 0.717) is 5.69 Å². The summed E-state index contributed by atoms with van der Waals surface area (Å²) in [5.41, 5.74) is 17.2. The molecule has 0 amide bonds. The van der Waals surface area contributed by atoms with Crippen LogP contribution in [0.15, 0.2) is 18.2 Å². The molecule has 0 saturated carbocycles. The maximum absolute atomic E-state index is 6.05. The second kappa shape index (κ2) is 7.79. The predicted molar refractivity (Wildman–Crippen MR) is 108 cm³/mol. The van der Waals surface area contributed by atoms with Gasteiger partial charge in [0, 0.05) is 25.7 Å². The quantitative estimate of drug-likeness (QED) is 0.824. The van der Waals surface area contributed by atoms with Gasteiger partial charge in [-0.2, -0.15) is 0 Å². The molecule has 0 unspecified atom stereocenters. The monoisotopic (exact) mass is 342 g/mol. The number of nitrogens with zero attached hydrogens (tertiary/aromatic N) is 2. The van der Waals surface area contributed by atoms with Gasteiger partial charge in [0.2, 0.25) is 0 Å². The summed E-state index contributed by atoms with van der Waals surface area (Å²) in [6.45, 7) is 12.6. The summed E-state index contributed by atoms with van der Waals surface area (Å²) in [6.07, 6.45) is 6.12. The zero-order valence-electron chi connectivity index (χ0n) is 16.1. The van der Waals surface area contributed by atoms with Gasteiger partial charge >= 0.3 is 0 Å². The summed E-state index contributed by atoms with van der Waals surface area (Å²) in [5.74, 6) is 0.771. The fourth-order valence-corrected chi connectivity index (χ4v) is 4.27. The molecule has 138 valence electrons. The van der Waals surface area contributed by atoms with E-state index in [1.54, 1.807) is 0 Å². The highest BCUT2D eigenvalue weighted by atomic mass is 15.2. The van der Waals surface area contributed by atoms with Crippen LogP contribution in [0, 0.1) is 12.8 Å². The van der Waals surface area contributed by atoms with Crippen LogP contribution in [0.5, 0.6) is 0 Å². The fraction of sp³-hybridized carbons (Fsp3) is 0.619. The zero-order chi connectivity index (χ0) is 18.0. The highest BCUT2D eigenvalue weighted by Crippen LogP contribution is 2.30. The minimum Gasteiger partial charge on any atom is -0.397 e. The largest absolute Gasteiger partial charge is 0.397 e. The molecule has 1 saturated heterocycles. The molecular weight excluding hydrogens is 308 g/mol. The lowest BCUT2D eigenvalue weighted by molar-refractivity contribution is 0.109. The van der Waals surface area contributed by atoms with Crippen LogP contribution in [0.3, 0.4) is 0 Å². The van der Waals surface area contributed by atoms with E-state index in [9.17, 15) is 0 Å². The Kier molecular flexibility index (Phi) is 5.70. The first-order valence-corrected chi connectivity index (χ1v) is 9.75. The molecule has 1 aromatic carbocycles. The van der Waals surface area contributed by atoms with E-state index in [0.717, 1.165) is 42.7 Å². The number of likely N-dealkylation sites (tertiary alicyclic amines) is 1. The molecule has 0 spiro atoms. The Morgan fingerprint density at radius 2 is 1.84 bits per heavy atom. The number of anilines is 2. The zero-order valence-corrected chi connectivity index (χ0v) is 16.1. The van der Waals surface area contributed by atoms with Crippen molar-refractivity contribution in [2.24, 2.45) is 5.92 Å². The summed E-state index contributed by atoms with van der Waals surface area (Å²) in [7, 11) is 0. The molecule has 2 aliphatic rings. The van der Waals surface area contributed by atoms with Gasteiger partial charge in [0.15, 0.2) is 0 Å². The lowest BCUT2D eigenvalue weighted by atomic mass is 9.94. The number of aryl methyl sites for hydroxylation is 1. The minimum atomic E-state index is 0.704. The number of hydrogen-bond donors (Lipinski definition) is 2. The maximum atomic E-state index is 6.05. The first-order valence-electron chi connectivity index (χ1n) is 9.75. The third-order valence-corrected chi connectivity index (χ3v) is 5.73. The van der Waals surface area contributed by atoms with Crippen LogP contribution >= 0.6 is 0 Å². The van der Waals surface area contributed by atoms with E-state index < -0.39 is 0 Å². The second-order valence-corrected chi connectivity index (χ2v) is 8.20. The summed E-state index contributed by atoms with van der Waals surface area (Å²) in [5, 5.41) is 0. The van der Waals surface area contributed by atoms with Gasteiger partial charge in [-0.15, -0.1) is 0 Å². The first-order chi connectivity index (χ1) is 11.9. The normalized spacial score (nSPS) is 20.9. The molecule has 4 nitrogen and oxygen atoms in total. The van der Waals surface area contributed by atoms with Crippen LogP contribution in [-0.2, 0) is 0 Å². The van der Waals surface area contributed by atoms with Gasteiger partial charge in [-0.25, -0.2) is 0 Å². The van der Waals surface area contributed by atoms with Crippen LogP contribution in [0.4, 0.5) is 11.4 Å². The number of rotatable bonds is 4. The van der Waals surface area contributed by atoms with Crippen molar-refractivity contribution >= 4 is 16.9 Å². The molecule has 25 heavy (non-hydrogen) atoms. The van der Waals surface area contributed by atoms with Gasteiger partial charge < -0.3 is 16.4 Å². The first kappa shape index (κ1) is 18.3. The van der Waals surface area contributed by atoms with Crippen LogP contribution < -0.4 is 11.5 Å². The van der Waals surface area contributed by atoms with E-state index in [2.05, 4.69) is 35.8 Å². The summed E-state index contributed by atoms with van der Waals surface area (Å²) < 4.78 is 0. The number of piperidine rings is 1. The van der Waals surface area contributed by atoms with E-state index in [1.165, 1.54) is 43.6 Å². The maximum Gasteiger partial charge on any atom is 0.0577 e. The van der Waals surface area contributed by atoms with Crippen molar-refractivity contribution in [2.45, 2.75) is 46.1 Å². The molecule has 2 aliphatic heterocycles. The van der Waals surface area contributed by atoms with Crippen LogP contribution in [-0.4, -0.2) is 48.6 Å². The topological polar surface area (TPSA) is 58.5 Å². The number of nitrogen functional groups attached to an aromatic ring is 2. The summed E-state index contributed by atoms with van der Waals surface area (Å²) >= 11 is 0. The third-order valence-electron chi connectivity index (χ3n) is 5.73. The van der Waals surface area contributed by atoms with Crippen molar-refractivity contribution in [3.05, 3.63) is 29.3 Å². The fourth-order valence-electron chi connectivity index (χ4n) is 4.27. The third kappa shape index (κ3) is 4.36. The molecule has 4 N–H and O–H groups in total. The van der Waals surface area contributed by atoms with E-state index in [1.807, 2.05) is 13.0 Å². The standard InChI is InChI=1S/C21H34N4/c1-15(2)14-24-8-6-19(7-9-24)25-10-4-17(5-11-25)18-12-16(3)21(23)20(22)13-18/h4,12-13,15,19H,5-11,14,22-23H2,1-3H3. The van der Waals surface area contributed by atoms with Gasteiger partial charge in [0.25, 0.3) is 0 Å². The van der Waals surface area contributed by atoms with Gasteiger partial charge in [0.05, 0.1) is 11.4 Å². The van der Waals surface area contributed by atoms with Gasteiger partial charge in [-0.3, -0.25) is 4.90 Å². The minimum absolute atomic E-state index is 0.704. The van der Waals surface area contributed by atoms with Crippen molar-refractivity contribution in [1.29, 1.82) is 0 Å². The lowest BCUT2D eigenvalue weighted by Crippen LogP contribution is -2.46.